The van der Waals surface area contributed by atoms with E-state index in [1.165, 1.54) is 12.1 Å². The fourth-order valence-corrected chi connectivity index (χ4v) is 3.02. The lowest BCUT2D eigenvalue weighted by molar-refractivity contribution is 0.0947. The van der Waals surface area contributed by atoms with E-state index in [0.29, 0.717) is 31.3 Å². The number of ether oxygens (including phenoxy) is 1. The minimum atomic E-state index is -0.271. The van der Waals surface area contributed by atoms with Crippen LogP contribution in [0.1, 0.15) is 21.5 Å². The summed E-state index contributed by atoms with van der Waals surface area (Å²) in [6, 6.07) is 17.5. The Labute approximate surface area is 156 Å². The smallest absolute Gasteiger partial charge is 0.254 e. The first-order chi connectivity index (χ1) is 13.2. The molecule has 0 fully saturated rings. The highest BCUT2D eigenvalue weighted by molar-refractivity contribution is 6.01. The number of rotatable bonds is 5. The molecule has 136 valence electrons. The maximum Gasteiger partial charge on any atom is 0.254 e. The number of hydrogen-bond acceptors (Lipinski definition) is 4. The predicted octanol–water partition coefficient (Wildman–Crippen LogP) is 3.51. The molecule has 1 amide bonds. The van der Waals surface area contributed by atoms with Crippen LogP contribution in [0.2, 0.25) is 0 Å². The van der Waals surface area contributed by atoms with E-state index >= 15 is 0 Å². The van der Waals surface area contributed by atoms with Crippen LogP contribution in [-0.4, -0.2) is 17.6 Å². The number of hydrogen-bond donors (Lipinski definition) is 1. The molecule has 0 saturated carbocycles. The van der Waals surface area contributed by atoms with Gasteiger partial charge in [-0.05, 0) is 41.5 Å². The lowest BCUT2D eigenvalue weighted by atomic mass is 10.1. The monoisotopic (exact) mass is 363 g/mol. The maximum absolute atomic E-state index is 13.0. The van der Waals surface area contributed by atoms with Crippen LogP contribution >= 0.6 is 0 Å². The number of para-hydroxylation sites is 1. The Bertz CT molecular complexity index is 960. The van der Waals surface area contributed by atoms with Gasteiger partial charge in [-0.1, -0.05) is 24.3 Å². The molecule has 5 nitrogen and oxygen atoms in total. The van der Waals surface area contributed by atoms with E-state index in [-0.39, 0.29) is 11.7 Å². The molecule has 0 aliphatic carbocycles. The Kier molecular flexibility index (Phi) is 4.70. The Hall–Kier alpha value is -3.41. The highest BCUT2D eigenvalue weighted by Crippen LogP contribution is 2.25. The summed E-state index contributed by atoms with van der Waals surface area (Å²) in [6.07, 6.45) is 1.70. The summed E-state index contributed by atoms with van der Waals surface area (Å²) in [7, 11) is 0. The van der Waals surface area contributed by atoms with Crippen molar-refractivity contribution in [3.05, 3.63) is 89.4 Å². The Balaban J connectivity index is 1.46. The van der Waals surface area contributed by atoms with Gasteiger partial charge < -0.3 is 15.0 Å². The number of carbonyl (C=O) groups is 1. The van der Waals surface area contributed by atoms with Gasteiger partial charge in [-0.15, -0.1) is 0 Å². The van der Waals surface area contributed by atoms with Crippen molar-refractivity contribution in [3.8, 4) is 5.88 Å². The molecule has 1 N–H and O–H groups in total. The van der Waals surface area contributed by atoms with Crippen LogP contribution in [0, 0.1) is 5.82 Å². The van der Waals surface area contributed by atoms with E-state index in [2.05, 4.69) is 15.2 Å². The molecule has 1 aliphatic heterocycles. The van der Waals surface area contributed by atoms with Gasteiger partial charge >= 0.3 is 0 Å². The lowest BCUT2D eigenvalue weighted by Gasteiger charge is -2.31. The second-order valence-electron chi connectivity index (χ2n) is 6.30. The third-order valence-corrected chi connectivity index (χ3v) is 4.39. The zero-order chi connectivity index (χ0) is 18.6. The summed E-state index contributed by atoms with van der Waals surface area (Å²) in [5.74, 6) is 0.179. The fraction of sp³-hybridized carbons (Fsp3) is 0.143. The molecule has 2 aromatic carbocycles. The van der Waals surface area contributed by atoms with Crippen LogP contribution in [0.15, 0.2) is 66.9 Å². The normalized spacial score (nSPS) is 13.1. The van der Waals surface area contributed by atoms with Crippen molar-refractivity contribution < 1.29 is 13.9 Å². The molecular weight excluding hydrogens is 345 g/mol. The van der Waals surface area contributed by atoms with E-state index < -0.39 is 0 Å². The number of carbonyl (C=O) groups excluding carboxylic acids is 1. The average Bonchev–Trinajstić information content (AvgIpc) is 2.70. The minimum absolute atomic E-state index is 0.0556. The van der Waals surface area contributed by atoms with E-state index in [1.54, 1.807) is 18.3 Å². The van der Waals surface area contributed by atoms with E-state index in [4.69, 9.17) is 4.74 Å². The number of anilines is 1. The van der Waals surface area contributed by atoms with Crippen LogP contribution in [0.3, 0.4) is 0 Å². The molecule has 0 atom stereocenters. The summed E-state index contributed by atoms with van der Waals surface area (Å²) < 4.78 is 18.7. The summed E-state index contributed by atoms with van der Waals surface area (Å²) in [6.45, 7) is 1.38. The summed E-state index contributed by atoms with van der Waals surface area (Å²) in [5.41, 5.74) is 3.47. The van der Waals surface area contributed by atoms with Crippen molar-refractivity contribution in [2.45, 2.75) is 13.2 Å². The molecule has 0 bridgehead atoms. The quantitative estimate of drug-likeness (QED) is 0.754. The molecule has 0 spiro atoms. The van der Waals surface area contributed by atoms with Crippen molar-refractivity contribution in [2.24, 2.45) is 0 Å². The predicted molar refractivity (Wildman–Crippen MR) is 99.9 cm³/mol. The molecule has 2 heterocycles. The number of fused-ring (bicyclic) bond motifs is 1. The van der Waals surface area contributed by atoms with Crippen LogP contribution in [0.5, 0.6) is 5.88 Å². The molecule has 4 rings (SSSR count). The van der Waals surface area contributed by atoms with Crippen LogP contribution in [-0.2, 0) is 13.2 Å². The standard InChI is InChI=1S/C21H18FN3O2/c22-17-7-5-15(6-8-17)13-27-20-11-16(9-10-23-20)12-25-14-24-21(26)18-3-1-2-4-19(18)25/h1-11H,12-14H2,(H,24,26). The number of nitrogens with one attached hydrogen (secondary N) is 1. The van der Waals surface area contributed by atoms with Gasteiger partial charge in [0, 0.05) is 18.8 Å². The summed E-state index contributed by atoms with van der Waals surface area (Å²) >= 11 is 0. The Morgan fingerprint density at radius 2 is 1.89 bits per heavy atom. The molecule has 0 radical (unpaired) electrons. The van der Waals surface area contributed by atoms with Crippen LogP contribution < -0.4 is 15.0 Å². The molecular formula is C21H18FN3O2. The van der Waals surface area contributed by atoms with Gasteiger partial charge in [-0.25, -0.2) is 9.37 Å². The molecule has 0 saturated heterocycles. The second-order valence-corrected chi connectivity index (χ2v) is 6.30. The summed E-state index contributed by atoms with van der Waals surface area (Å²) in [5, 5.41) is 2.88. The Morgan fingerprint density at radius 1 is 1.07 bits per heavy atom. The zero-order valence-corrected chi connectivity index (χ0v) is 14.6. The van der Waals surface area contributed by atoms with Gasteiger partial charge in [0.05, 0.1) is 17.9 Å². The first-order valence-corrected chi connectivity index (χ1v) is 8.63. The highest BCUT2D eigenvalue weighted by Gasteiger charge is 2.21. The van der Waals surface area contributed by atoms with Crippen LogP contribution in [0.25, 0.3) is 0 Å². The maximum atomic E-state index is 13.0. The van der Waals surface area contributed by atoms with Gasteiger partial charge in [0.15, 0.2) is 0 Å². The van der Waals surface area contributed by atoms with Crippen molar-refractivity contribution >= 4 is 11.6 Å². The number of amides is 1. The van der Waals surface area contributed by atoms with E-state index in [0.717, 1.165) is 16.8 Å². The number of aromatic nitrogens is 1. The van der Waals surface area contributed by atoms with Crippen molar-refractivity contribution in [1.82, 2.24) is 10.3 Å². The van der Waals surface area contributed by atoms with Gasteiger partial charge in [-0.2, -0.15) is 0 Å². The first-order valence-electron chi connectivity index (χ1n) is 8.63. The third-order valence-electron chi connectivity index (χ3n) is 4.39. The number of halogens is 1. The molecule has 0 unspecified atom stereocenters. The topological polar surface area (TPSA) is 54.5 Å². The lowest BCUT2D eigenvalue weighted by Crippen LogP contribution is -2.42. The van der Waals surface area contributed by atoms with E-state index in [9.17, 15) is 9.18 Å². The Morgan fingerprint density at radius 3 is 2.74 bits per heavy atom. The largest absolute Gasteiger partial charge is 0.473 e. The summed E-state index contributed by atoms with van der Waals surface area (Å²) in [4.78, 5) is 18.3. The van der Waals surface area contributed by atoms with Gasteiger partial charge in [-0.3, -0.25) is 4.79 Å². The third kappa shape index (κ3) is 3.89. The number of benzene rings is 2. The molecule has 27 heavy (non-hydrogen) atoms. The van der Waals surface area contributed by atoms with E-state index in [1.807, 2.05) is 36.4 Å². The van der Waals surface area contributed by atoms with Gasteiger partial charge in [0.25, 0.3) is 5.91 Å². The van der Waals surface area contributed by atoms with Gasteiger partial charge in [0.2, 0.25) is 5.88 Å². The van der Waals surface area contributed by atoms with Crippen molar-refractivity contribution in [3.63, 3.8) is 0 Å². The molecule has 3 aromatic rings. The molecule has 1 aromatic heterocycles. The average molecular weight is 363 g/mol. The molecule has 6 heteroatoms. The number of pyridine rings is 1. The number of nitrogens with zero attached hydrogens (tertiary/aromatic N) is 2. The SMILES string of the molecule is O=C1NCN(Cc2ccnc(OCc3ccc(F)cc3)c2)c2ccccc21. The van der Waals surface area contributed by atoms with Gasteiger partial charge in [0.1, 0.15) is 12.4 Å². The second kappa shape index (κ2) is 7.45. The minimum Gasteiger partial charge on any atom is -0.473 e. The zero-order valence-electron chi connectivity index (χ0n) is 14.6. The fourth-order valence-electron chi connectivity index (χ4n) is 3.02. The molecule has 1 aliphatic rings. The first kappa shape index (κ1) is 17.0. The van der Waals surface area contributed by atoms with Crippen LogP contribution in [0.4, 0.5) is 10.1 Å². The highest BCUT2D eigenvalue weighted by atomic mass is 19.1. The van der Waals surface area contributed by atoms with Crippen molar-refractivity contribution in [1.29, 1.82) is 0 Å². The van der Waals surface area contributed by atoms with Crippen molar-refractivity contribution in [2.75, 3.05) is 11.6 Å².